The Morgan fingerprint density at radius 3 is 2.39 bits per heavy atom. The third-order valence-electron chi connectivity index (χ3n) is 5.53. The second-order valence-corrected chi connectivity index (χ2v) is 7.97. The first-order valence-corrected chi connectivity index (χ1v) is 10.2. The van der Waals surface area contributed by atoms with Crippen molar-refractivity contribution in [3.8, 4) is 0 Å². The minimum Gasteiger partial charge on any atom is -0.368 e. The normalized spacial score (nSPS) is 17.6. The Morgan fingerprint density at radius 1 is 1.04 bits per heavy atom. The number of amides is 1. The molecule has 0 aromatic heterocycles. The average molecular weight is 402 g/mol. The van der Waals surface area contributed by atoms with E-state index in [0.717, 1.165) is 49.7 Å². The lowest BCUT2D eigenvalue weighted by Gasteiger charge is -2.37. The molecule has 4 rings (SSSR count). The van der Waals surface area contributed by atoms with Gasteiger partial charge in [-0.25, -0.2) is 4.39 Å². The largest absolute Gasteiger partial charge is 0.368 e. The summed E-state index contributed by atoms with van der Waals surface area (Å²) in [6.45, 7) is 4.06. The third kappa shape index (κ3) is 4.47. The lowest BCUT2D eigenvalue weighted by molar-refractivity contribution is -0.133. The molecule has 0 bridgehead atoms. The number of benzene rings is 2. The Hall–Kier alpha value is -2.11. The van der Waals surface area contributed by atoms with Crippen LogP contribution in [0.4, 0.5) is 10.1 Å². The van der Waals surface area contributed by atoms with E-state index < -0.39 is 0 Å². The van der Waals surface area contributed by atoms with E-state index in [4.69, 9.17) is 11.6 Å². The Balaban J connectivity index is 1.34. The number of nitrogens with zero attached hydrogens (tertiary/aromatic N) is 3. The lowest BCUT2D eigenvalue weighted by atomic mass is 10.2. The summed E-state index contributed by atoms with van der Waals surface area (Å²) in [7, 11) is 0. The molecular formula is C22H25ClFN3O. The maximum Gasteiger partial charge on any atom is 0.237 e. The number of carbonyl (C=O) groups excluding carboxylic acids is 1. The van der Waals surface area contributed by atoms with Crippen molar-refractivity contribution in [2.75, 3.05) is 37.6 Å². The lowest BCUT2D eigenvalue weighted by Crippen LogP contribution is -2.50. The van der Waals surface area contributed by atoms with Gasteiger partial charge in [-0.3, -0.25) is 9.69 Å². The SMILES string of the molecule is O=C(CN1CCN(c2ccccc2Cl)CC1)N(Cc1ccccc1F)C1CC1. The van der Waals surface area contributed by atoms with E-state index >= 15 is 0 Å². The van der Waals surface area contributed by atoms with Gasteiger partial charge in [-0.05, 0) is 31.0 Å². The van der Waals surface area contributed by atoms with E-state index in [0.29, 0.717) is 18.7 Å². The molecule has 1 aliphatic heterocycles. The van der Waals surface area contributed by atoms with E-state index in [2.05, 4.69) is 9.80 Å². The summed E-state index contributed by atoms with van der Waals surface area (Å²) in [6, 6.07) is 14.9. The molecule has 148 valence electrons. The van der Waals surface area contributed by atoms with Crippen LogP contribution in [0.2, 0.25) is 5.02 Å². The topological polar surface area (TPSA) is 26.8 Å². The number of piperazine rings is 1. The molecule has 0 spiro atoms. The summed E-state index contributed by atoms with van der Waals surface area (Å²) in [4.78, 5) is 19.3. The van der Waals surface area contributed by atoms with Crippen molar-refractivity contribution >= 4 is 23.2 Å². The van der Waals surface area contributed by atoms with Gasteiger partial charge in [0.1, 0.15) is 5.82 Å². The number of para-hydroxylation sites is 1. The number of carbonyl (C=O) groups is 1. The molecule has 0 radical (unpaired) electrons. The average Bonchev–Trinajstić information content (AvgIpc) is 3.53. The van der Waals surface area contributed by atoms with Crippen LogP contribution in [0.25, 0.3) is 0 Å². The minimum absolute atomic E-state index is 0.0944. The van der Waals surface area contributed by atoms with E-state index in [-0.39, 0.29) is 17.8 Å². The Morgan fingerprint density at radius 2 is 1.71 bits per heavy atom. The standard InChI is InChI=1S/C22H25ClFN3O/c23-19-6-2-4-8-21(19)26-13-11-25(12-14-26)16-22(28)27(18-9-10-18)15-17-5-1-3-7-20(17)24/h1-8,18H,9-16H2. The molecule has 1 saturated heterocycles. The molecule has 1 aliphatic carbocycles. The van der Waals surface area contributed by atoms with Crippen molar-refractivity contribution in [1.29, 1.82) is 0 Å². The Labute approximate surface area is 170 Å². The summed E-state index contributed by atoms with van der Waals surface area (Å²) >= 11 is 6.30. The molecule has 2 aromatic rings. The van der Waals surface area contributed by atoms with Crippen molar-refractivity contribution in [2.24, 2.45) is 0 Å². The quantitative estimate of drug-likeness (QED) is 0.736. The molecule has 28 heavy (non-hydrogen) atoms. The van der Waals surface area contributed by atoms with Crippen LogP contribution in [-0.2, 0) is 11.3 Å². The molecule has 2 aliphatic rings. The van der Waals surface area contributed by atoms with Crippen LogP contribution < -0.4 is 4.90 Å². The maximum atomic E-state index is 14.0. The van der Waals surface area contributed by atoms with Crippen molar-refractivity contribution < 1.29 is 9.18 Å². The molecule has 0 N–H and O–H groups in total. The summed E-state index contributed by atoms with van der Waals surface area (Å²) in [5.41, 5.74) is 1.64. The van der Waals surface area contributed by atoms with Crippen LogP contribution in [0, 0.1) is 5.82 Å². The zero-order chi connectivity index (χ0) is 19.5. The van der Waals surface area contributed by atoms with Gasteiger partial charge < -0.3 is 9.80 Å². The minimum atomic E-state index is -0.241. The summed E-state index contributed by atoms with van der Waals surface area (Å²) in [6.07, 6.45) is 2.03. The zero-order valence-corrected chi connectivity index (χ0v) is 16.6. The number of hydrogen-bond donors (Lipinski definition) is 0. The first-order valence-electron chi connectivity index (χ1n) is 9.86. The first kappa shape index (κ1) is 19.2. The van der Waals surface area contributed by atoms with Gasteiger partial charge >= 0.3 is 0 Å². The predicted molar refractivity (Wildman–Crippen MR) is 110 cm³/mol. The summed E-state index contributed by atoms with van der Waals surface area (Å²) in [5, 5.41) is 0.761. The fourth-order valence-electron chi connectivity index (χ4n) is 3.75. The smallest absolute Gasteiger partial charge is 0.237 e. The number of halogens is 2. The second kappa shape index (κ2) is 8.50. The van der Waals surface area contributed by atoms with Gasteiger partial charge in [0.05, 0.1) is 17.3 Å². The van der Waals surface area contributed by atoms with Crippen LogP contribution in [0.5, 0.6) is 0 Å². The third-order valence-corrected chi connectivity index (χ3v) is 5.85. The monoisotopic (exact) mass is 401 g/mol. The molecule has 2 aromatic carbocycles. The predicted octanol–water partition coefficient (Wildman–Crippen LogP) is 3.79. The number of anilines is 1. The fraction of sp³-hybridized carbons (Fsp3) is 0.409. The molecule has 0 unspecified atom stereocenters. The molecule has 1 heterocycles. The van der Waals surface area contributed by atoms with Gasteiger partial charge in [0.25, 0.3) is 0 Å². The highest BCUT2D eigenvalue weighted by atomic mass is 35.5. The van der Waals surface area contributed by atoms with Gasteiger partial charge in [0.2, 0.25) is 5.91 Å². The van der Waals surface area contributed by atoms with Gasteiger partial charge in [-0.1, -0.05) is 41.9 Å². The molecule has 1 amide bonds. The number of rotatable bonds is 6. The fourth-order valence-corrected chi connectivity index (χ4v) is 4.01. The van der Waals surface area contributed by atoms with Gasteiger partial charge in [-0.15, -0.1) is 0 Å². The molecular weight excluding hydrogens is 377 g/mol. The van der Waals surface area contributed by atoms with Crippen molar-refractivity contribution in [2.45, 2.75) is 25.4 Å². The maximum absolute atomic E-state index is 14.0. The van der Waals surface area contributed by atoms with Gasteiger partial charge in [0, 0.05) is 44.3 Å². The zero-order valence-electron chi connectivity index (χ0n) is 15.9. The van der Waals surface area contributed by atoms with E-state index in [9.17, 15) is 9.18 Å². The molecule has 0 atom stereocenters. The Bertz CT molecular complexity index is 834. The van der Waals surface area contributed by atoms with Gasteiger partial charge in [0.15, 0.2) is 0 Å². The van der Waals surface area contributed by atoms with E-state index in [1.54, 1.807) is 12.1 Å². The van der Waals surface area contributed by atoms with Crippen molar-refractivity contribution in [3.63, 3.8) is 0 Å². The van der Waals surface area contributed by atoms with Gasteiger partial charge in [-0.2, -0.15) is 0 Å². The highest BCUT2D eigenvalue weighted by molar-refractivity contribution is 6.33. The highest BCUT2D eigenvalue weighted by Crippen LogP contribution is 2.29. The number of hydrogen-bond acceptors (Lipinski definition) is 3. The summed E-state index contributed by atoms with van der Waals surface area (Å²) in [5.74, 6) is -0.147. The Kier molecular flexibility index (Phi) is 5.83. The summed E-state index contributed by atoms with van der Waals surface area (Å²) < 4.78 is 14.0. The van der Waals surface area contributed by atoms with Crippen LogP contribution in [0.1, 0.15) is 18.4 Å². The van der Waals surface area contributed by atoms with E-state index in [1.165, 1.54) is 6.07 Å². The molecule has 4 nitrogen and oxygen atoms in total. The molecule has 6 heteroatoms. The second-order valence-electron chi connectivity index (χ2n) is 7.56. The highest BCUT2D eigenvalue weighted by Gasteiger charge is 2.34. The van der Waals surface area contributed by atoms with Crippen molar-refractivity contribution in [3.05, 3.63) is 64.9 Å². The first-order chi connectivity index (χ1) is 13.6. The molecule has 1 saturated carbocycles. The van der Waals surface area contributed by atoms with Crippen LogP contribution in [0.3, 0.4) is 0 Å². The van der Waals surface area contributed by atoms with Crippen LogP contribution in [-0.4, -0.2) is 54.5 Å². The van der Waals surface area contributed by atoms with Crippen LogP contribution >= 0.6 is 11.6 Å². The molecule has 2 fully saturated rings. The van der Waals surface area contributed by atoms with E-state index in [1.807, 2.05) is 35.2 Å². The van der Waals surface area contributed by atoms with Crippen molar-refractivity contribution in [1.82, 2.24) is 9.80 Å². The van der Waals surface area contributed by atoms with Crippen LogP contribution in [0.15, 0.2) is 48.5 Å².